The normalized spacial score (nSPS) is 17.2. The van der Waals surface area contributed by atoms with Crippen molar-refractivity contribution >= 4 is 39.5 Å². The number of hydrogen-bond donors (Lipinski definition) is 4. The van der Waals surface area contributed by atoms with Crippen LogP contribution in [0.5, 0.6) is 0 Å². The zero-order valence-corrected chi connectivity index (χ0v) is 12.6. The number of aromatic carboxylic acids is 1. The average molecular weight is 356 g/mol. The number of hydrogen-bond acceptors (Lipinski definition) is 3. The van der Waals surface area contributed by atoms with Gasteiger partial charge in [0.25, 0.3) is 0 Å². The molecule has 1 aromatic carbocycles. The fourth-order valence-electron chi connectivity index (χ4n) is 2.03. The van der Waals surface area contributed by atoms with E-state index in [9.17, 15) is 14.4 Å². The molecule has 2 rings (SSSR count). The zero-order chi connectivity index (χ0) is 15.4. The minimum absolute atomic E-state index is 0.00584. The number of benzene rings is 1. The van der Waals surface area contributed by atoms with Gasteiger partial charge in [-0.15, -0.1) is 0 Å². The number of rotatable bonds is 4. The maximum absolute atomic E-state index is 11.8. The lowest BCUT2D eigenvalue weighted by Crippen LogP contribution is -2.40. The molecule has 1 aliphatic rings. The Kier molecular flexibility index (Phi) is 4.79. The van der Waals surface area contributed by atoms with Crippen molar-refractivity contribution in [1.29, 1.82) is 0 Å². The fourth-order valence-corrected chi connectivity index (χ4v) is 2.50. The Morgan fingerprint density at radius 2 is 2.19 bits per heavy atom. The predicted molar refractivity (Wildman–Crippen MR) is 79.3 cm³/mol. The molecule has 1 unspecified atom stereocenters. The Morgan fingerprint density at radius 3 is 2.81 bits per heavy atom. The third-order valence-corrected chi connectivity index (χ3v) is 3.74. The predicted octanol–water partition coefficient (Wildman–Crippen LogP) is 1.55. The second-order valence-electron chi connectivity index (χ2n) is 4.61. The molecule has 0 radical (unpaired) electrons. The first kappa shape index (κ1) is 15.3. The third-order valence-electron chi connectivity index (χ3n) is 3.08. The van der Waals surface area contributed by atoms with Crippen LogP contribution in [-0.2, 0) is 4.79 Å². The van der Waals surface area contributed by atoms with Crippen LogP contribution in [0.25, 0.3) is 0 Å². The van der Waals surface area contributed by atoms with Crippen molar-refractivity contribution in [2.24, 2.45) is 0 Å². The van der Waals surface area contributed by atoms with Crippen molar-refractivity contribution in [3.05, 3.63) is 28.2 Å². The van der Waals surface area contributed by atoms with E-state index in [1.165, 1.54) is 6.07 Å². The van der Waals surface area contributed by atoms with E-state index in [1.54, 1.807) is 12.1 Å². The van der Waals surface area contributed by atoms with Crippen LogP contribution in [0.3, 0.4) is 0 Å². The van der Waals surface area contributed by atoms with E-state index < -0.39 is 12.0 Å². The van der Waals surface area contributed by atoms with Crippen LogP contribution in [0, 0.1) is 0 Å². The van der Waals surface area contributed by atoms with E-state index in [0.717, 1.165) is 0 Å². The maximum Gasteiger partial charge on any atom is 0.337 e. The Balaban J connectivity index is 1.96. The molecule has 0 aromatic heterocycles. The van der Waals surface area contributed by atoms with Gasteiger partial charge in [-0.1, -0.05) is 6.07 Å². The average Bonchev–Trinajstić information content (AvgIpc) is 2.84. The number of anilines is 1. The van der Waals surface area contributed by atoms with Crippen LogP contribution in [0.2, 0.25) is 0 Å². The molecule has 1 saturated heterocycles. The number of urea groups is 1. The number of carboxylic acid groups (broad SMARTS) is 1. The minimum atomic E-state index is -1.13. The van der Waals surface area contributed by atoms with Crippen LogP contribution >= 0.6 is 15.9 Å². The van der Waals surface area contributed by atoms with E-state index in [-0.39, 0.29) is 23.2 Å². The summed E-state index contributed by atoms with van der Waals surface area (Å²) in [6, 6.07) is 4.01. The molecule has 7 nitrogen and oxygen atoms in total. The number of carbonyl (C=O) groups is 3. The van der Waals surface area contributed by atoms with Crippen molar-refractivity contribution in [2.45, 2.75) is 18.9 Å². The molecule has 21 heavy (non-hydrogen) atoms. The van der Waals surface area contributed by atoms with Gasteiger partial charge in [0.2, 0.25) is 5.91 Å². The fraction of sp³-hybridized carbons (Fsp3) is 0.308. The monoisotopic (exact) mass is 355 g/mol. The largest absolute Gasteiger partial charge is 0.478 e. The summed E-state index contributed by atoms with van der Waals surface area (Å²) in [6.07, 6.45) is 1.13. The molecule has 1 atom stereocenters. The van der Waals surface area contributed by atoms with Gasteiger partial charge >= 0.3 is 12.0 Å². The first-order chi connectivity index (χ1) is 9.97. The summed E-state index contributed by atoms with van der Waals surface area (Å²) in [7, 11) is 0. The van der Waals surface area contributed by atoms with Crippen LogP contribution in [0.4, 0.5) is 10.5 Å². The standard InChI is InChI=1S/C13H14BrN3O4/c14-9-3-1-2-8(12(19)20)11(9)17-13(21)15-6-7-4-5-10(18)16-7/h1-3,7H,4-6H2,(H,16,18)(H,19,20)(H2,15,17,21). The molecule has 112 valence electrons. The first-order valence-electron chi connectivity index (χ1n) is 6.33. The van der Waals surface area contributed by atoms with Crippen molar-refractivity contribution in [3.8, 4) is 0 Å². The van der Waals surface area contributed by atoms with E-state index in [2.05, 4.69) is 31.9 Å². The topological polar surface area (TPSA) is 108 Å². The Morgan fingerprint density at radius 1 is 1.43 bits per heavy atom. The smallest absolute Gasteiger partial charge is 0.337 e. The van der Waals surface area contributed by atoms with Gasteiger partial charge < -0.3 is 21.1 Å². The molecule has 0 bridgehead atoms. The molecule has 1 heterocycles. The van der Waals surface area contributed by atoms with Crippen LogP contribution in [0.1, 0.15) is 23.2 Å². The highest BCUT2D eigenvalue weighted by Gasteiger charge is 2.21. The summed E-state index contributed by atoms with van der Waals surface area (Å²) in [5.41, 5.74) is 0.187. The van der Waals surface area contributed by atoms with Gasteiger partial charge in [-0.25, -0.2) is 9.59 Å². The highest BCUT2D eigenvalue weighted by atomic mass is 79.9. The summed E-state index contributed by atoms with van der Waals surface area (Å²) >= 11 is 3.21. The summed E-state index contributed by atoms with van der Waals surface area (Å²) in [5, 5.41) is 16.9. The second kappa shape index (κ2) is 6.57. The molecule has 4 N–H and O–H groups in total. The highest BCUT2D eigenvalue weighted by molar-refractivity contribution is 9.10. The van der Waals surface area contributed by atoms with Gasteiger partial charge in [0, 0.05) is 23.5 Å². The quantitative estimate of drug-likeness (QED) is 0.656. The summed E-state index contributed by atoms with van der Waals surface area (Å²) < 4.78 is 0.478. The lowest BCUT2D eigenvalue weighted by atomic mass is 10.2. The Bertz CT molecular complexity index is 591. The molecular formula is C13H14BrN3O4. The Labute approximate surface area is 129 Å². The van der Waals surface area contributed by atoms with E-state index in [4.69, 9.17) is 5.11 Å². The van der Waals surface area contributed by atoms with Gasteiger partial charge in [0.15, 0.2) is 0 Å². The van der Waals surface area contributed by atoms with Gasteiger partial charge in [-0.2, -0.15) is 0 Å². The van der Waals surface area contributed by atoms with Crippen molar-refractivity contribution in [3.63, 3.8) is 0 Å². The number of halogens is 1. The Hall–Kier alpha value is -2.09. The molecule has 0 spiro atoms. The third kappa shape index (κ3) is 3.94. The SMILES string of the molecule is O=C1CCC(CNC(=O)Nc2c(Br)cccc2C(=O)O)N1. The van der Waals surface area contributed by atoms with Crippen LogP contribution < -0.4 is 16.0 Å². The molecule has 1 aromatic rings. The van der Waals surface area contributed by atoms with Crippen LogP contribution in [0.15, 0.2) is 22.7 Å². The van der Waals surface area contributed by atoms with Gasteiger partial charge in [-0.3, -0.25) is 4.79 Å². The summed E-state index contributed by atoms with van der Waals surface area (Å²) in [5.74, 6) is -1.16. The van der Waals surface area contributed by atoms with Crippen molar-refractivity contribution in [1.82, 2.24) is 10.6 Å². The summed E-state index contributed by atoms with van der Waals surface area (Å²) in [4.78, 5) is 34.0. The number of nitrogens with one attached hydrogen (secondary N) is 3. The van der Waals surface area contributed by atoms with Crippen molar-refractivity contribution < 1.29 is 19.5 Å². The lowest BCUT2D eigenvalue weighted by molar-refractivity contribution is -0.119. The van der Waals surface area contributed by atoms with Gasteiger partial charge in [0.1, 0.15) is 0 Å². The highest BCUT2D eigenvalue weighted by Crippen LogP contribution is 2.26. The van der Waals surface area contributed by atoms with E-state index in [1.807, 2.05) is 0 Å². The van der Waals surface area contributed by atoms with Crippen molar-refractivity contribution in [2.75, 3.05) is 11.9 Å². The second-order valence-corrected chi connectivity index (χ2v) is 5.46. The molecule has 8 heteroatoms. The number of amides is 3. The van der Waals surface area contributed by atoms with Crippen LogP contribution in [-0.4, -0.2) is 35.6 Å². The molecule has 3 amide bonds. The molecule has 1 aliphatic heterocycles. The zero-order valence-electron chi connectivity index (χ0n) is 11.0. The minimum Gasteiger partial charge on any atom is -0.478 e. The number of carbonyl (C=O) groups excluding carboxylic acids is 2. The molecule has 1 fully saturated rings. The first-order valence-corrected chi connectivity index (χ1v) is 7.12. The molecular weight excluding hydrogens is 342 g/mol. The number of para-hydroxylation sites is 1. The van der Waals surface area contributed by atoms with E-state index in [0.29, 0.717) is 23.9 Å². The van der Waals surface area contributed by atoms with Gasteiger partial charge in [0.05, 0.1) is 11.3 Å². The van der Waals surface area contributed by atoms with Gasteiger partial charge in [-0.05, 0) is 34.5 Å². The maximum atomic E-state index is 11.8. The molecule has 0 aliphatic carbocycles. The van der Waals surface area contributed by atoms with E-state index >= 15 is 0 Å². The molecule has 0 saturated carbocycles. The number of carboxylic acids is 1. The summed E-state index contributed by atoms with van der Waals surface area (Å²) in [6.45, 7) is 0.296. The lowest BCUT2D eigenvalue weighted by Gasteiger charge is -2.14.